The minimum absolute atomic E-state index is 0.377. The molecule has 8 heteroatoms. The van der Waals surface area contributed by atoms with Crippen LogP contribution in [0.15, 0.2) is 24.5 Å². The second-order valence-electron chi connectivity index (χ2n) is 3.50. The van der Waals surface area contributed by atoms with Crippen molar-refractivity contribution < 1.29 is 0 Å². The molecule has 0 saturated heterocycles. The molecule has 0 aliphatic carbocycles. The van der Waals surface area contributed by atoms with Crippen LogP contribution in [0.5, 0.6) is 0 Å². The average Bonchev–Trinajstić information content (AvgIpc) is 2.94. The van der Waals surface area contributed by atoms with Gasteiger partial charge in [0, 0.05) is 10.9 Å². The maximum Gasteiger partial charge on any atom is 0.255 e. The number of hydrogen-bond donors (Lipinski definition) is 1. The largest absolute Gasteiger partial charge is 0.365 e. The molecule has 0 amide bonds. The smallest absolute Gasteiger partial charge is 0.255 e. The number of nitrogens with one attached hydrogen (secondary N) is 1. The number of nitrogens with zero attached hydrogens (tertiary/aromatic N) is 4. The SMILES string of the molecule is Clc1cc(NCc2ccc(Cl)s2)n2ncnc2n1. The minimum atomic E-state index is 0.377. The van der Waals surface area contributed by atoms with E-state index in [1.807, 2.05) is 12.1 Å². The summed E-state index contributed by atoms with van der Waals surface area (Å²) in [5, 5.41) is 7.69. The molecule has 18 heavy (non-hydrogen) atoms. The summed E-state index contributed by atoms with van der Waals surface area (Å²) in [7, 11) is 0. The molecule has 0 atom stereocenters. The molecule has 3 rings (SSSR count). The van der Waals surface area contributed by atoms with Crippen molar-refractivity contribution in [1.29, 1.82) is 0 Å². The molecule has 0 aliphatic rings. The molecule has 0 unspecified atom stereocenters. The van der Waals surface area contributed by atoms with E-state index in [4.69, 9.17) is 23.2 Å². The van der Waals surface area contributed by atoms with E-state index in [0.29, 0.717) is 17.5 Å². The molecule has 0 bridgehead atoms. The molecular formula is C10H7Cl2N5S. The Bertz CT molecular complexity index is 692. The van der Waals surface area contributed by atoms with E-state index in [1.165, 1.54) is 17.7 Å². The summed E-state index contributed by atoms with van der Waals surface area (Å²) < 4.78 is 2.37. The molecule has 3 aromatic heterocycles. The maximum atomic E-state index is 5.92. The molecule has 1 N–H and O–H groups in total. The van der Waals surface area contributed by atoms with Crippen LogP contribution in [0.4, 0.5) is 5.82 Å². The first-order chi connectivity index (χ1) is 8.72. The van der Waals surface area contributed by atoms with Crippen molar-refractivity contribution in [2.75, 3.05) is 5.32 Å². The van der Waals surface area contributed by atoms with Gasteiger partial charge in [-0.3, -0.25) is 0 Å². The second kappa shape index (κ2) is 4.72. The average molecular weight is 300 g/mol. The van der Waals surface area contributed by atoms with Crippen LogP contribution in [-0.2, 0) is 6.54 Å². The first-order valence-electron chi connectivity index (χ1n) is 5.07. The van der Waals surface area contributed by atoms with Crippen molar-refractivity contribution in [1.82, 2.24) is 19.6 Å². The Morgan fingerprint density at radius 1 is 1.33 bits per heavy atom. The molecule has 5 nitrogen and oxygen atoms in total. The summed E-state index contributed by atoms with van der Waals surface area (Å²) in [6.07, 6.45) is 1.44. The first-order valence-corrected chi connectivity index (χ1v) is 6.64. The molecule has 0 aromatic carbocycles. The summed E-state index contributed by atoms with van der Waals surface area (Å²) in [6, 6.07) is 5.55. The number of halogens is 2. The van der Waals surface area contributed by atoms with E-state index in [1.54, 1.807) is 10.6 Å². The Labute approximate surface area is 116 Å². The van der Waals surface area contributed by atoms with Crippen molar-refractivity contribution in [2.24, 2.45) is 0 Å². The highest BCUT2D eigenvalue weighted by atomic mass is 35.5. The summed E-state index contributed by atoms with van der Waals surface area (Å²) in [5.74, 6) is 1.21. The fourth-order valence-corrected chi connectivity index (χ4v) is 2.74. The zero-order chi connectivity index (χ0) is 12.5. The fourth-order valence-electron chi connectivity index (χ4n) is 1.53. The number of aromatic nitrogens is 4. The third-order valence-electron chi connectivity index (χ3n) is 2.29. The highest BCUT2D eigenvalue weighted by Crippen LogP contribution is 2.22. The van der Waals surface area contributed by atoms with E-state index < -0.39 is 0 Å². The predicted octanol–water partition coefficient (Wildman–Crippen LogP) is 3.10. The summed E-state index contributed by atoms with van der Waals surface area (Å²) >= 11 is 13.3. The van der Waals surface area contributed by atoms with E-state index in [-0.39, 0.29) is 0 Å². The number of rotatable bonds is 3. The van der Waals surface area contributed by atoms with Crippen LogP contribution in [0.1, 0.15) is 4.88 Å². The number of thiophene rings is 1. The van der Waals surface area contributed by atoms with E-state index >= 15 is 0 Å². The van der Waals surface area contributed by atoms with Gasteiger partial charge in [-0.2, -0.15) is 19.6 Å². The number of anilines is 1. The second-order valence-corrected chi connectivity index (χ2v) is 5.68. The highest BCUT2D eigenvalue weighted by Gasteiger charge is 2.06. The van der Waals surface area contributed by atoms with Gasteiger partial charge in [-0.15, -0.1) is 11.3 Å². The van der Waals surface area contributed by atoms with Gasteiger partial charge >= 0.3 is 0 Å². The molecule has 0 spiro atoms. The first kappa shape index (κ1) is 11.7. The van der Waals surface area contributed by atoms with Crippen molar-refractivity contribution in [2.45, 2.75) is 6.54 Å². The zero-order valence-corrected chi connectivity index (χ0v) is 11.3. The third kappa shape index (κ3) is 2.27. The lowest BCUT2D eigenvalue weighted by Gasteiger charge is -2.06. The highest BCUT2D eigenvalue weighted by molar-refractivity contribution is 7.16. The Balaban J connectivity index is 1.87. The number of fused-ring (bicyclic) bond motifs is 1. The van der Waals surface area contributed by atoms with Crippen molar-refractivity contribution >= 4 is 46.1 Å². The standard InChI is InChI=1S/C10H7Cl2N5S/c11-7-3-9(17-10(16-7)14-5-15-17)13-4-6-1-2-8(12)18-6/h1-3,5,13H,4H2. The summed E-state index contributed by atoms with van der Waals surface area (Å²) in [5.41, 5.74) is 0. The molecule has 0 saturated carbocycles. The lowest BCUT2D eigenvalue weighted by molar-refractivity contribution is 0.928. The molecule has 3 heterocycles. The van der Waals surface area contributed by atoms with Crippen LogP contribution in [0.3, 0.4) is 0 Å². The van der Waals surface area contributed by atoms with Crippen molar-refractivity contribution in [3.8, 4) is 0 Å². The van der Waals surface area contributed by atoms with Gasteiger partial charge in [-0.05, 0) is 12.1 Å². The zero-order valence-electron chi connectivity index (χ0n) is 8.97. The molecule has 0 fully saturated rings. The fraction of sp³-hybridized carbons (Fsp3) is 0.100. The molecule has 0 radical (unpaired) electrons. The predicted molar refractivity (Wildman–Crippen MR) is 72.4 cm³/mol. The van der Waals surface area contributed by atoms with Gasteiger partial charge in [0.1, 0.15) is 17.3 Å². The van der Waals surface area contributed by atoms with Gasteiger partial charge in [0.2, 0.25) is 0 Å². The minimum Gasteiger partial charge on any atom is -0.365 e. The maximum absolute atomic E-state index is 5.92. The van der Waals surface area contributed by atoms with Crippen LogP contribution in [-0.4, -0.2) is 19.6 Å². The number of hydrogen-bond acceptors (Lipinski definition) is 5. The van der Waals surface area contributed by atoms with Gasteiger partial charge < -0.3 is 5.32 Å². The van der Waals surface area contributed by atoms with Gasteiger partial charge in [0.15, 0.2) is 0 Å². The van der Waals surface area contributed by atoms with Crippen LogP contribution in [0, 0.1) is 0 Å². The normalized spacial score (nSPS) is 11.0. The molecule has 92 valence electrons. The van der Waals surface area contributed by atoms with Gasteiger partial charge in [-0.25, -0.2) is 0 Å². The molecule has 3 aromatic rings. The Kier molecular flexibility index (Phi) is 3.07. The van der Waals surface area contributed by atoms with Crippen LogP contribution >= 0.6 is 34.5 Å². The third-order valence-corrected chi connectivity index (χ3v) is 3.72. The van der Waals surface area contributed by atoms with Crippen LogP contribution < -0.4 is 5.32 Å². The lowest BCUT2D eigenvalue weighted by atomic mass is 10.4. The van der Waals surface area contributed by atoms with Gasteiger partial charge in [-0.1, -0.05) is 23.2 Å². The van der Waals surface area contributed by atoms with Crippen molar-refractivity contribution in [3.05, 3.63) is 38.9 Å². The van der Waals surface area contributed by atoms with E-state index in [2.05, 4.69) is 20.4 Å². The Hall–Kier alpha value is -1.37. The summed E-state index contributed by atoms with van der Waals surface area (Å²) in [6.45, 7) is 0.646. The Morgan fingerprint density at radius 3 is 3.00 bits per heavy atom. The summed E-state index contributed by atoms with van der Waals surface area (Å²) in [4.78, 5) is 9.17. The topological polar surface area (TPSA) is 55.1 Å². The molecular weight excluding hydrogens is 293 g/mol. The molecule has 0 aliphatic heterocycles. The van der Waals surface area contributed by atoms with Crippen LogP contribution in [0.2, 0.25) is 9.49 Å². The van der Waals surface area contributed by atoms with E-state index in [0.717, 1.165) is 15.0 Å². The van der Waals surface area contributed by atoms with E-state index in [9.17, 15) is 0 Å². The van der Waals surface area contributed by atoms with Crippen molar-refractivity contribution in [3.63, 3.8) is 0 Å². The van der Waals surface area contributed by atoms with Gasteiger partial charge in [0.25, 0.3) is 5.78 Å². The van der Waals surface area contributed by atoms with Gasteiger partial charge in [0.05, 0.1) is 10.9 Å². The van der Waals surface area contributed by atoms with Crippen LogP contribution in [0.25, 0.3) is 5.78 Å². The quantitative estimate of drug-likeness (QED) is 0.755. The monoisotopic (exact) mass is 299 g/mol. The Morgan fingerprint density at radius 2 is 2.22 bits per heavy atom. The lowest BCUT2D eigenvalue weighted by Crippen LogP contribution is -2.05.